The van der Waals surface area contributed by atoms with Gasteiger partial charge in [-0.1, -0.05) is 44.2 Å². The molecule has 0 radical (unpaired) electrons. The summed E-state index contributed by atoms with van der Waals surface area (Å²) in [5, 5.41) is 8.85. The Kier molecular flexibility index (Phi) is 8.57. The number of piperazine rings is 1. The van der Waals surface area contributed by atoms with Crippen molar-refractivity contribution in [1.29, 1.82) is 0 Å². The molecule has 2 rings (SSSR count). The molecule has 1 unspecified atom stereocenters. The first kappa shape index (κ1) is 20.3. The van der Waals surface area contributed by atoms with E-state index < -0.39 is 6.04 Å². The minimum atomic E-state index is -0.496. The number of amides is 3. The maximum atomic E-state index is 12.6. The van der Waals surface area contributed by atoms with E-state index in [1.54, 1.807) is 0 Å². The fraction of sp³-hybridized carbons (Fsp3) is 0.529. The van der Waals surface area contributed by atoms with Gasteiger partial charge in [0.05, 0.1) is 0 Å². The lowest BCUT2D eigenvalue weighted by atomic mass is 10.0. The van der Waals surface area contributed by atoms with Crippen molar-refractivity contribution in [1.82, 2.24) is 20.9 Å². The highest BCUT2D eigenvalue weighted by atomic mass is 35.5. The Balaban J connectivity index is 0.00000288. The molecule has 1 atom stereocenters. The summed E-state index contributed by atoms with van der Waals surface area (Å²) in [6.07, 6.45) is 0. The molecular weight excluding hydrogens is 328 g/mol. The van der Waals surface area contributed by atoms with Crippen LogP contribution in [0.25, 0.3) is 0 Å². The monoisotopic (exact) mass is 354 g/mol. The zero-order chi connectivity index (χ0) is 16.7. The van der Waals surface area contributed by atoms with Crippen molar-refractivity contribution in [3.63, 3.8) is 0 Å². The minimum absolute atomic E-state index is 0. The third-order valence-electron chi connectivity index (χ3n) is 3.94. The van der Waals surface area contributed by atoms with E-state index in [-0.39, 0.29) is 30.3 Å². The first-order valence-corrected chi connectivity index (χ1v) is 8.15. The topological polar surface area (TPSA) is 73.5 Å². The molecule has 1 aliphatic rings. The summed E-state index contributed by atoms with van der Waals surface area (Å²) in [6.45, 7) is 7.32. The summed E-state index contributed by atoms with van der Waals surface area (Å²) >= 11 is 0. The number of rotatable bonds is 5. The Morgan fingerprint density at radius 3 is 2.38 bits per heavy atom. The molecule has 24 heavy (non-hydrogen) atoms. The van der Waals surface area contributed by atoms with Crippen LogP contribution in [-0.2, 0) is 11.3 Å². The van der Waals surface area contributed by atoms with Crippen molar-refractivity contribution >= 4 is 24.3 Å². The van der Waals surface area contributed by atoms with Gasteiger partial charge in [0.25, 0.3) is 0 Å². The Morgan fingerprint density at radius 2 is 1.79 bits per heavy atom. The van der Waals surface area contributed by atoms with Gasteiger partial charge in [-0.15, -0.1) is 12.4 Å². The van der Waals surface area contributed by atoms with Crippen molar-refractivity contribution in [2.75, 3.05) is 26.2 Å². The van der Waals surface area contributed by atoms with Crippen molar-refractivity contribution in [3.8, 4) is 0 Å². The number of carbonyl (C=O) groups is 2. The standard InChI is InChI=1S/C17H26N4O2.ClH/c1-13(2)15(16(22)21-10-8-18-9-11-21)20-17(23)19-12-14-6-4-3-5-7-14;/h3-7,13,15,18H,8-12H2,1-2H3,(H2,19,20,23);1H. The van der Waals surface area contributed by atoms with Crippen LogP contribution in [0, 0.1) is 5.92 Å². The number of nitrogens with one attached hydrogen (secondary N) is 3. The maximum absolute atomic E-state index is 12.6. The molecule has 1 fully saturated rings. The zero-order valence-corrected chi connectivity index (χ0v) is 15.1. The lowest BCUT2D eigenvalue weighted by Gasteiger charge is -2.32. The molecule has 134 valence electrons. The van der Waals surface area contributed by atoms with Gasteiger partial charge in [-0.2, -0.15) is 0 Å². The van der Waals surface area contributed by atoms with Crippen LogP contribution >= 0.6 is 12.4 Å². The quantitative estimate of drug-likeness (QED) is 0.747. The van der Waals surface area contributed by atoms with Crippen molar-refractivity contribution in [3.05, 3.63) is 35.9 Å². The lowest BCUT2D eigenvalue weighted by Crippen LogP contribution is -2.57. The average molecular weight is 355 g/mol. The summed E-state index contributed by atoms with van der Waals surface area (Å²) in [5.74, 6) is 0.0382. The van der Waals surface area contributed by atoms with Crippen LogP contribution in [0.15, 0.2) is 30.3 Å². The van der Waals surface area contributed by atoms with Gasteiger partial charge in [-0.25, -0.2) is 4.79 Å². The largest absolute Gasteiger partial charge is 0.338 e. The van der Waals surface area contributed by atoms with E-state index in [1.807, 2.05) is 49.1 Å². The smallest absolute Gasteiger partial charge is 0.315 e. The Labute approximate surface area is 149 Å². The number of halogens is 1. The van der Waals surface area contributed by atoms with Crippen LogP contribution in [0.1, 0.15) is 19.4 Å². The third-order valence-corrected chi connectivity index (χ3v) is 3.94. The summed E-state index contributed by atoms with van der Waals surface area (Å²) in [6, 6.07) is 8.89. The summed E-state index contributed by atoms with van der Waals surface area (Å²) in [7, 11) is 0. The van der Waals surface area contributed by atoms with Gasteiger partial charge in [0.1, 0.15) is 6.04 Å². The fourth-order valence-electron chi connectivity index (χ4n) is 2.57. The number of nitrogens with zero attached hydrogens (tertiary/aromatic N) is 1. The minimum Gasteiger partial charge on any atom is -0.338 e. The first-order chi connectivity index (χ1) is 11.1. The molecule has 1 saturated heterocycles. The number of carbonyl (C=O) groups excluding carboxylic acids is 2. The second-order valence-corrected chi connectivity index (χ2v) is 6.11. The summed E-state index contributed by atoms with van der Waals surface area (Å²) in [4.78, 5) is 26.5. The van der Waals surface area contributed by atoms with Crippen LogP contribution in [0.4, 0.5) is 4.79 Å². The molecule has 0 aliphatic carbocycles. The van der Waals surface area contributed by atoms with Gasteiger partial charge in [0.15, 0.2) is 0 Å². The van der Waals surface area contributed by atoms with Gasteiger partial charge in [0, 0.05) is 32.7 Å². The summed E-state index contributed by atoms with van der Waals surface area (Å²) < 4.78 is 0. The van der Waals surface area contributed by atoms with Gasteiger partial charge in [-0.3, -0.25) is 4.79 Å². The summed E-state index contributed by atoms with van der Waals surface area (Å²) in [5.41, 5.74) is 1.03. The second-order valence-electron chi connectivity index (χ2n) is 6.11. The molecule has 3 N–H and O–H groups in total. The highest BCUT2D eigenvalue weighted by Crippen LogP contribution is 2.07. The van der Waals surface area contributed by atoms with E-state index in [4.69, 9.17) is 0 Å². The van der Waals surface area contributed by atoms with Gasteiger partial charge >= 0.3 is 6.03 Å². The van der Waals surface area contributed by atoms with Gasteiger partial charge in [-0.05, 0) is 11.5 Å². The lowest BCUT2D eigenvalue weighted by molar-refractivity contribution is -0.134. The van der Waals surface area contributed by atoms with E-state index in [9.17, 15) is 9.59 Å². The normalized spacial score (nSPS) is 15.4. The molecule has 0 bridgehead atoms. The van der Waals surface area contributed by atoms with Crippen molar-refractivity contribution in [2.45, 2.75) is 26.4 Å². The second kappa shape index (κ2) is 10.2. The highest BCUT2D eigenvalue weighted by molar-refractivity contribution is 5.87. The molecular formula is C17H27ClN4O2. The molecule has 1 heterocycles. The van der Waals surface area contributed by atoms with Gasteiger partial charge in [0.2, 0.25) is 5.91 Å². The Bertz CT molecular complexity index is 519. The highest BCUT2D eigenvalue weighted by Gasteiger charge is 2.29. The first-order valence-electron chi connectivity index (χ1n) is 8.15. The van der Waals surface area contributed by atoms with E-state index in [1.165, 1.54) is 0 Å². The predicted octanol–water partition coefficient (Wildman–Crippen LogP) is 1.36. The van der Waals surface area contributed by atoms with Crippen LogP contribution in [0.2, 0.25) is 0 Å². The SMILES string of the molecule is CC(C)C(NC(=O)NCc1ccccc1)C(=O)N1CCNCC1.Cl. The van der Waals surface area contributed by atoms with E-state index >= 15 is 0 Å². The van der Waals surface area contributed by atoms with Crippen LogP contribution < -0.4 is 16.0 Å². The van der Waals surface area contributed by atoms with Crippen LogP contribution in [0.3, 0.4) is 0 Å². The maximum Gasteiger partial charge on any atom is 0.315 e. The average Bonchev–Trinajstić information content (AvgIpc) is 2.58. The molecule has 1 aromatic carbocycles. The molecule has 3 amide bonds. The molecule has 1 aliphatic heterocycles. The number of urea groups is 1. The van der Waals surface area contributed by atoms with E-state index in [2.05, 4.69) is 16.0 Å². The van der Waals surface area contributed by atoms with Crippen LogP contribution in [-0.4, -0.2) is 49.1 Å². The number of hydrogen-bond donors (Lipinski definition) is 3. The fourth-order valence-corrected chi connectivity index (χ4v) is 2.57. The number of hydrogen-bond acceptors (Lipinski definition) is 3. The Hall–Kier alpha value is -1.79. The number of benzene rings is 1. The predicted molar refractivity (Wildman–Crippen MR) is 97.1 cm³/mol. The van der Waals surface area contributed by atoms with Crippen molar-refractivity contribution in [2.24, 2.45) is 5.92 Å². The molecule has 7 heteroatoms. The van der Waals surface area contributed by atoms with Crippen molar-refractivity contribution < 1.29 is 9.59 Å². The third kappa shape index (κ3) is 6.02. The van der Waals surface area contributed by atoms with E-state index in [0.717, 1.165) is 18.7 Å². The van der Waals surface area contributed by atoms with E-state index in [0.29, 0.717) is 19.6 Å². The molecule has 0 saturated carbocycles. The van der Waals surface area contributed by atoms with Gasteiger partial charge < -0.3 is 20.9 Å². The molecule has 6 nitrogen and oxygen atoms in total. The Morgan fingerprint density at radius 1 is 1.17 bits per heavy atom. The van der Waals surface area contributed by atoms with Crippen LogP contribution in [0.5, 0.6) is 0 Å². The molecule has 1 aromatic rings. The molecule has 0 spiro atoms. The zero-order valence-electron chi connectivity index (χ0n) is 14.2. The molecule has 0 aromatic heterocycles.